The van der Waals surface area contributed by atoms with Crippen LogP contribution in [-0.4, -0.2) is 34.2 Å². The molecule has 1 aromatic carbocycles. The van der Waals surface area contributed by atoms with Crippen molar-refractivity contribution in [3.8, 4) is 5.75 Å². The SMILES string of the molecule is COc1ccc(C2CCCN2C(=O)Cn2nc(C(F)(F)F)c3c2CCCC3)cc1. The molecule has 1 fully saturated rings. The molecule has 2 aromatic rings. The van der Waals surface area contributed by atoms with Gasteiger partial charge in [0.15, 0.2) is 5.69 Å². The molecule has 1 unspecified atom stereocenters. The molecule has 1 saturated heterocycles. The van der Waals surface area contributed by atoms with E-state index in [4.69, 9.17) is 4.74 Å². The van der Waals surface area contributed by atoms with Gasteiger partial charge >= 0.3 is 6.18 Å². The van der Waals surface area contributed by atoms with Gasteiger partial charge in [-0.3, -0.25) is 9.48 Å². The van der Waals surface area contributed by atoms with Crippen LogP contribution in [0.3, 0.4) is 0 Å². The molecule has 5 nitrogen and oxygen atoms in total. The number of amides is 1. The second kappa shape index (κ2) is 7.72. The number of methoxy groups -OCH3 is 1. The van der Waals surface area contributed by atoms with Crippen LogP contribution in [0.4, 0.5) is 13.2 Å². The number of alkyl halides is 3. The molecular weight excluding hydrogens is 383 g/mol. The molecule has 0 bridgehead atoms. The van der Waals surface area contributed by atoms with Gasteiger partial charge < -0.3 is 9.64 Å². The number of halogens is 3. The van der Waals surface area contributed by atoms with Crippen molar-refractivity contribution in [2.24, 2.45) is 0 Å². The first-order valence-electron chi connectivity index (χ1n) is 9.97. The molecule has 156 valence electrons. The van der Waals surface area contributed by atoms with E-state index in [0.29, 0.717) is 25.1 Å². The summed E-state index contributed by atoms with van der Waals surface area (Å²) in [5.41, 5.74) is 1.02. The highest BCUT2D eigenvalue weighted by molar-refractivity contribution is 5.77. The van der Waals surface area contributed by atoms with Crippen LogP contribution in [0.5, 0.6) is 5.75 Å². The molecule has 29 heavy (non-hydrogen) atoms. The van der Waals surface area contributed by atoms with Crippen molar-refractivity contribution in [2.75, 3.05) is 13.7 Å². The number of likely N-dealkylation sites (tertiary alicyclic amines) is 1. The molecule has 1 aliphatic carbocycles. The number of carbonyl (C=O) groups is 1. The normalized spacial score (nSPS) is 19.3. The van der Waals surface area contributed by atoms with Crippen molar-refractivity contribution in [3.05, 3.63) is 46.8 Å². The molecule has 0 N–H and O–H groups in total. The second-order valence-corrected chi connectivity index (χ2v) is 7.65. The van der Waals surface area contributed by atoms with E-state index in [2.05, 4.69) is 5.10 Å². The summed E-state index contributed by atoms with van der Waals surface area (Å²) in [5.74, 6) is 0.556. The Labute approximate surface area is 167 Å². The Balaban J connectivity index is 1.56. The number of ether oxygens (including phenoxy) is 1. The lowest BCUT2D eigenvalue weighted by atomic mass is 9.95. The molecule has 2 aliphatic rings. The van der Waals surface area contributed by atoms with Crippen LogP contribution >= 0.6 is 0 Å². The summed E-state index contributed by atoms with van der Waals surface area (Å²) in [5, 5.41) is 3.82. The van der Waals surface area contributed by atoms with E-state index >= 15 is 0 Å². The summed E-state index contributed by atoms with van der Waals surface area (Å²) in [4.78, 5) is 14.8. The maximum absolute atomic E-state index is 13.4. The van der Waals surface area contributed by atoms with Crippen LogP contribution in [0.15, 0.2) is 24.3 Å². The van der Waals surface area contributed by atoms with E-state index in [0.717, 1.165) is 37.0 Å². The van der Waals surface area contributed by atoms with Gasteiger partial charge in [-0.05, 0) is 56.2 Å². The molecule has 0 radical (unpaired) electrons. The van der Waals surface area contributed by atoms with Gasteiger partial charge in [0.2, 0.25) is 5.91 Å². The zero-order valence-electron chi connectivity index (χ0n) is 16.3. The van der Waals surface area contributed by atoms with E-state index in [9.17, 15) is 18.0 Å². The highest BCUT2D eigenvalue weighted by Crippen LogP contribution is 2.37. The third-order valence-corrected chi connectivity index (χ3v) is 5.88. The van der Waals surface area contributed by atoms with Gasteiger partial charge in [0.1, 0.15) is 12.3 Å². The van der Waals surface area contributed by atoms with Crippen LogP contribution in [-0.2, 0) is 30.4 Å². The standard InChI is InChI=1S/C21H24F3N3O2/c1-29-15-10-8-14(9-11-15)17-7-4-12-26(17)19(28)13-27-18-6-3-2-5-16(18)20(25-27)21(22,23)24/h8-11,17H,2-7,12-13H2,1H3. The number of fused-ring (bicyclic) bond motifs is 1. The average molecular weight is 407 g/mol. The summed E-state index contributed by atoms with van der Waals surface area (Å²) in [6.07, 6.45) is -0.334. The first-order chi connectivity index (χ1) is 13.9. The number of rotatable bonds is 4. The van der Waals surface area contributed by atoms with Gasteiger partial charge in [0, 0.05) is 17.8 Å². The molecule has 0 spiro atoms. The fraction of sp³-hybridized carbons (Fsp3) is 0.524. The largest absolute Gasteiger partial charge is 0.497 e. The van der Waals surface area contributed by atoms with Gasteiger partial charge in [-0.2, -0.15) is 18.3 Å². The Kier molecular flexibility index (Phi) is 5.27. The fourth-order valence-electron chi connectivity index (χ4n) is 4.49. The maximum Gasteiger partial charge on any atom is 0.435 e. The molecule has 1 aromatic heterocycles. The Morgan fingerprint density at radius 2 is 1.90 bits per heavy atom. The van der Waals surface area contributed by atoms with E-state index in [1.807, 2.05) is 24.3 Å². The van der Waals surface area contributed by atoms with Crippen molar-refractivity contribution in [2.45, 2.75) is 57.3 Å². The Morgan fingerprint density at radius 1 is 1.17 bits per heavy atom. The highest BCUT2D eigenvalue weighted by Gasteiger charge is 2.40. The van der Waals surface area contributed by atoms with Crippen molar-refractivity contribution in [3.63, 3.8) is 0 Å². The van der Waals surface area contributed by atoms with Crippen LogP contribution in [0.1, 0.15) is 54.2 Å². The van der Waals surface area contributed by atoms with Gasteiger partial charge in [0.25, 0.3) is 0 Å². The lowest BCUT2D eigenvalue weighted by molar-refractivity contribution is -0.142. The first kappa shape index (κ1) is 19.8. The third kappa shape index (κ3) is 3.84. The number of nitrogens with zero attached hydrogens (tertiary/aromatic N) is 3. The second-order valence-electron chi connectivity index (χ2n) is 7.65. The van der Waals surface area contributed by atoms with Crippen molar-refractivity contribution >= 4 is 5.91 Å². The average Bonchev–Trinajstić information content (AvgIpc) is 3.33. The Morgan fingerprint density at radius 3 is 2.59 bits per heavy atom. The minimum Gasteiger partial charge on any atom is -0.497 e. The first-order valence-corrected chi connectivity index (χ1v) is 9.97. The molecular formula is C21H24F3N3O2. The maximum atomic E-state index is 13.4. The van der Waals surface area contributed by atoms with E-state index < -0.39 is 11.9 Å². The summed E-state index contributed by atoms with van der Waals surface area (Å²) in [6, 6.07) is 7.52. The smallest absolute Gasteiger partial charge is 0.435 e. The van der Waals surface area contributed by atoms with Gasteiger partial charge in [0.05, 0.1) is 13.2 Å². The lowest BCUT2D eigenvalue weighted by Crippen LogP contribution is -2.34. The molecule has 2 heterocycles. The number of aromatic nitrogens is 2. The third-order valence-electron chi connectivity index (χ3n) is 5.88. The molecule has 8 heteroatoms. The molecule has 1 aliphatic heterocycles. The Hall–Kier alpha value is -2.51. The quantitative estimate of drug-likeness (QED) is 0.765. The number of carbonyl (C=O) groups excluding carboxylic acids is 1. The lowest BCUT2D eigenvalue weighted by Gasteiger charge is -2.26. The Bertz CT molecular complexity index is 890. The van der Waals surface area contributed by atoms with Crippen molar-refractivity contribution in [1.29, 1.82) is 0 Å². The number of hydrogen-bond acceptors (Lipinski definition) is 3. The van der Waals surface area contributed by atoms with Crippen LogP contribution < -0.4 is 4.74 Å². The molecule has 1 atom stereocenters. The van der Waals surface area contributed by atoms with Gasteiger partial charge in [-0.25, -0.2) is 0 Å². The van der Waals surface area contributed by atoms with Crippen molar-refractivity contribution in [1.82, 2.24) is 14.7 Å². The predicted octanol–water partition coefficient (Wildman–Crippen LogP) is 4.15. The zero-order valence-corrected chi connectivity index (χ0v) is 16.3. The zero-order chi connectivity index (χ0) is 20.6. The topological polar surface area (TPSA) is 47.4 Å². The molecule has 1 amide bonds. The van der Waals surface area contributed by atoms with E-state index in [1.165, 1.54) is 4.68 Å². The monoisotopic (exact) mass is 407 g/mol. The molecule has 0 saturated carbocycles. The number of hydrogen-bond donors (Lipinski definition) is 0. The van der Waals surface area contributed by atoms with Crippen LogP contribution in [0.2, 0.25) is 0 Å². The van der Waals surface area contributed by atoms with Crippen LogP contribution in [0, 0.1) is 0 Å². The fourth-order valence-corrected chi connectivity index (χ4v) is 4.49. The minimum absolute atomic E-state index is 0.0677. The number of benzene rings is 1. The summed E-state index contributed by atoms with van der Waals surface area (Å²) in [6.45, 7) is 0.455. The predicted molar refractivity (Wildman–Crippen MR) is 101 cm³/mol. The van der Waals surface area contributed by atoms with E-state index in [1.54, 1.807) is 12.0 Å². The van der Waals surface area contributed by atoms with Gasteiger partial charge in [-0.1, -0.05) is 12.1 Å². The van der Waals surface area contributed by atoms with E-state index in [-0.39, 0.29) is 24.1 Å². The summed E-state index contributed by atoms with van der Waals surface area (Å²) < 4.78 is 46.7. The van der Waals surface area contributed by atoms with Crippen molar-refractivity contribution < 1.29 is 22.7 Å². The highest BCUT2D eigenvalue weighted by atomic mass is 19.4. The van der Waals surface area contributed by atoms with Gasteiger partial charge in [-0.15, -0.1) is 0 Å². The minimum atomic E-state index is -4.49. The molecule has 4 rings (SSSR count). The summed E-state index contributed by atoms with van der Waals surface area (Å²) in [7, 11) is 1.60. The summed E-state index contributed by atoms with van der Waals surface area (Å²) >= 11 is 0. The van der Waals surface area contributed by atoms with Crippen LogP contribution in [0.25, 0.3) is 0 Å².